The molecule has 0 saturated carbocycles. The summed E-state index contributed by atoms with van der Waals surface area (Å²) in [6.45, 7) is 3.48. The van der Waals surface area contributed by atoms with Crippen molar-refractivity contribution in [2.45, 2.75) is 6.04 Å². The molecular weight excluding hydrogens is 370 g/mol. The minimum absolute atomic E-state index is 0.0297. The van der Waals surface area contributed by atoms with Crippen LogP contribution in [0.2, 0.25) is 5.02 Å². The Balaban J connectivity index is 1.82. The summed E-state index contributed by atoms with van der Waals surface area (Å²) in [5.74, 6) is 0.792. The molecule has 8 heteroatoms. The first kappa shape index (κ1) is 19.4. The molecule has 0 radical (unpaired) electrons. The lowest BCUT2D eigenvalue weighted by Gasteiger charge is -2.35. The molecular formula is C19H22ClN3O4. The largest absolute Gasteiger partial charge is 0.497 e. The number of halogens is 1. The van der Waals surface area contributed by atoms with Crippen molar-refractivity contribution >= 4 is 23.0 Å². The van der Waals surface area contributed by atoms with Crippen LogP contribution in [0.15, 0.2) is 42.5 Å². The molecule has 1 aliphatic rings. The summed E-state index contributed by atoms with van der Waals surface area (Å²) in [4.78, 5) is 13.2. The van der Waals surface area contributed by atoms with Crippen LogP contribution in [0.4, 0.5) is 11.4 Å². The lowest BCUT2D eigenvalue weighted by Crippen LogP contribution is -2.41. The first-order valence-electron chi connectivity index (χ1n) is 8.72. The van der Waals surface area contributed by atoms with Crippen LogP contribution in [0.1, 0.15) is 11.6 Å². The van der Waals surface area contributed by atoms with Crippen molar-refractivity contribution in [3.8, 4) is 5.75 Å². The fourth-order valence-corrected chi connectivity index (χ4v) is 3.35. The van der Waals surface area contributed by atoms with Crippen LogP contribution in [0.5, 0.6) is 5.75 Å². The highest BCUT2D eigenvalue weighted by Crippen LogP contribution is 2.30. The summed E-state index contributed by atoms with van der Waals surface area (Å²) in [6, 6.07) is 12.6. The summed E-state index contributed by atoms with van der Waals surface area (Å²) >= 11 is 5.90. The molecule has 3 rings (SSSR count). The van der Waals surface area contributed by atoms with E-state index in [1.807, 2.05) is 24.3 Å². The molecule has 0 aromatic heterocycles. The molecule has 1 unspecified atom stereocenters. The van der Waals surface area contributed by atoms with E-state index < -0.39 is 4.92 Å². The van der Waals surface area contributed by atoms with Crippen molar-refractivity contribution in [2.75, 3.05) is 45.3 Å². The standard InChI is InChI=1S/C19H22ClN3O4/c1-26-16-5-2-14(3-6-16)19(22-8-10-27-11-9-22)13-21-17-7-4-15(20)12-18(17)23(24)25/h2-7,12,19,21H,8-11,13H2,1H3. The third kappa shape index (κ3) is 4.88. The average Bonchev–Trinajstić information content (AvgIpc) is 2.70. The number of ether oxygens (including phenoxy) is 2. The maximum absolute atomic E-state index is 11.3. The number of morpholine rings is 1. The van der Waals surface area contributed by atoms with E-state index >= 15 is 0 Å². The Morgan fingerprint density at radius 1 is 1.26 bits per heavy atom. The monoisotopic (exact) mass is 391 g/mol. The number of methoxy groups -OCH3 is 1. The van der Waals surface area contributed by atoms with Gasteiger partial charge in [0.1, 0.15) is 11.4 Å². The van der Waals surface area contributed by atoms with Crippen LogP contribution >= 0.6 is 11.6 Å². The number of hydrogen-bond donors (Lipinski definition) is 1. The normalized spacial score (nSPS) is 15.9. The molecule has 1 atom stereocenters. The Kier molecular flexibility index (Phi) is 6.49. The molecule has 27 heavy (non-hydrogen) atoms. The first-order chi connectivity index (χ1) is 13.1. The van der Waals surface area contributed by atoms with Gasteiger partial charge < -0.3 is 14.8 Å². The predicted octanol–water partition coefficient (Wildman–Crippen LogP) is 3.74. The number of nitro groups is 1. The van der Waals surface area contributed by atoms with E-state index in [4.69, 9.17) is 21.1 Å². The van der Waals surface area contributed by atoms with Crippen molar-refractivity contribution in [3.05, 3.63) is 63.2 Å². The van der Waals surface area contributed by atoms with Crippen LogP contribution < -0.4 is 10.1 Å². The number of anilines is 1. The predicted molar refractivity (Wildman–Crippen MR) is 105 cm³/mol. The van der Waals surface area contributed by atoms with E-state index in [2.05, 4.69) is 10.2 Å². The van der Waals surface area contributed by atoms with Gasteiger partial charge in [0, 0.05) is 30.7 Å². The molecule has 0 amide bonds. The Morgan fingerprint density at radius 2 is 1.96 bits per heavy atom. The maximum Gasteiger partial charge on any atom is 0.293 e. The van der Waals surface area contributed by atoms with Gasteiger partial charge in [0.25, 0.3) is 5.69 Å². The van der Waals surface area contributed by atoms with Crippen molar-refractivity contribution < 1.29 is 14.4 Å². The van der Waals surface area contributed by atoms with E-state index in [9.17, 15) is 10.1 Å². The minimum atomic E-state index is -0.425. The number of rotatable bonds is 7. The molecule has 0 aliphatic carbocycles. The van der Waals surface area contributed by atoms with Gasteiger partial charge in [-0.3, -0.25) is 15.0 Å². The zero-order chi connectivity index (χ0) is 19.2. The summed E-state index contributed by atoms with van der Waals surface area (Å²) < 4.78 is 10.7. The molecule has 1 heterocycles. The first-order valence-corrected chi connectivity index (χ1v) is 9.10. The molecule has 0 bridgehead atoms. The summed E-state index contributed by atoms with van der Waals surface area (Å²) in [5, 5.41) is 14.9. The van der Waals surface area contributed by atoms with E-state index in [0.717, 1.165) is 24.4 Å². The van der Waals surface area contributed by atoms with Gasteiger partial charge >= 0.3 is 0 Å². The van der Waals surface area contributed by atoms with Crippen LogP contribution in [-0.4, -0.2) is 49.8 Å². The van der Waals surface area contributed by atoms with Crippen LogP contribution in [-0.2, 0) is 4.74 Å². The van der Waals surface area contributed by atoms with Gasteiger partial charge in [0.05, 0.1) is 31.3 Å². The van der Waals surface area contributed by atoms with Crippen molar-refractivity contribution in [2.24, 2.45) is 0 Å². The number of hydrogen-bond acceptors (Lipinski definition) is 6. The Labute approximate surface area is 163 Å². The zero-order valence-corrected chi connectivity index (χ0v) is 15.8. The van der Waals surface area contributed by atoms with Crippen LogP contribution in [0.3, 0.4) is 0 Å². The molecule has 1 N–H and O–H groups in total. The highest BCUT2D eigenvalue weighted by molar-refractivity contribution is 6.30. The summed E-state index contributed by atoms with van der Waals surface area (Å²) in [6.07, 6.45) is 0. The molecule has 1 saturated heterocycles. The molecule has 1 fully saturated rings. The van der Waals surface area contributed by atoms with Crippen molar-refractivity contribution in [3.63, 3.8) is 0 Å². The van der Waals surface area contributed by atoms with Crippen molar-refractivity contribution in [1.82, 2.24) is 4.90 Å². The van der Waals surface area contributed by atoms with Crippen LogP contribution in [0.25, 0.3) is 0 Å². The van der Waals surface area contributed by atoms with Gasteiger partial charge in [0.2, 0.25) is 0 Å². The number of nitrogens with one attached hydrogen (secondary N) is 1. The van der Waals surface area contributed by atoms with Gasteiger partial charge in [-0.15, -0.1) is 0 Å². The maximum atomic E-state index is 11.3. The lowest BCUT2D eigenvalue weighted by atomic mass is 10.0. The van der Waals surface area contributed by atoms with Gasteiger partial charge in [-0.05, 0) is 29.8 Å². The van der Waals surface area contributed by atoms with E-state index in [1.165, 1.54) is 6.07 Å². The van der Waals surface area contributed by atoms with E-state index in [0.29, 0.717) is 30.5 Å². The highest BCUT2D eigenvalue weighted by atomic mass is 35.5. The number of nitrogens with zero attached hydrogens (tertiary/aromatic N) is 2. The van der Waals surface area contributed by atoms with Gasteiger partial charge in [-0.2, -0.15) is 0 Å². The molecule has 2 aromatic rings. The molecule has 0 spiro atoms. The zero-order valence-electron chi connectivity index (χ0n) is 15.1. The number of nitro benzene ring substituents is 1. The smallest absolute Gasteiger partial charge is 0.293 e. The van der Waals surface area contributed by atoms with E-state index in [-0.39, 0.29) is 11.7 Å². The molecule has 7 nitrogen and oxygen atoms in total. The molecule has 144 valence electrons. The SMILES string of the molecule is COc1ccc(C(CNc2ccc(Cl)cc2[N+](=O)[O-])N2CCOCC2)cc1. The van der Waals surface area contributed by atoms with Crippen LogP contribution in [0, 0.1) is 10.1 Å². The Hall–Kier alpha value is -2.35. The number of benzene rings is 2. The van der Waals surface area contributed by atoms with E-state index in [1.54, 1.807) is 19.2 Å². The topological polar surface area (TPSA) is 76.9 Å². The fourth-order valence-electron chi connectivity index (χ4n) is 3.18. The third-order valence-electron chi connectivity index (χ3n) is 4.63. The highest BCUT2D eigenvalue weighted by Gasteiger charge is 2.24. The Bertz CT molecular complexity index is 779. The Morgan fingerprint density at radius 3 is 2.59 bits per heavy atom. The van der Waals surface area contributed by atoms with Gasteiger partial charge in [0.15, 0.2) is 0 Å². The summed E-state index contributed by atoms with van der Waals surface area (Å²) in [7, 11) is 1.63. The van der Waals surface area contributed by atoms with Crippen molar-refractivity contribution in [1.29, 1.82) is 0 Å². The second-order valence-corrected chi connectivity index (χ2v) is 6.67. The van der Waals surface area contributed by atoms with Gasteiger partial charge in [-0.1, -0.05) is 23.7 Å². The van der Waals surface area contributed by atoms with Gasteiger partial charge in [-0.25, -0.2) is 0 Å². The summed E-state index contributed by atoms with van der Waals surface area (Å²) in [5.41, 5.74) is 1.54. The average molecular weight is 392 g/mol. The third-order valence-corrected chi connectivity index (χ3v) is 4.86. The second kappa shape index (κ2) is 9.03. The fraction of sp³-hybridized carbons (Fsp3) is 0.368. The minimum Gasteiger partial charge on any atom is -0.497 e. The second-order valence-electron chi connectivity index (χ2n) is 6.24. The lowest BCUT2D eigenvalue weighted by molar-refractivity contribution is -0.383. The molecule has 2 aromatic carbocycles. The quantitative estimate of drug-likeness (QED) is 0.572. The molecule has 1 aliphatic heterocycles.